The Morgan fingerprint density at radius 3 is 2.76 bits per heavy atom. The quantitative estimate of drug-likeness (QED) is 0.584. The first-order chi connectivity index (χ1) is 14.0. The van der Waals surface area contributed by atoms with Crippen molar-refractivity contribution in [1.82, 2.24) is 15.2 Å². The smallest absolute Gasteiger partial charge is 0.309 e. The molecular formula is C22H21ClFN3O2. The van der Waals surface area contributed by atoms with Gasteiger partial charge in [0.2, 0.25) is 0 Å². The van der Waals surface area contributed by atoms with Crippen LogP contribution in [0.2, 0.25) is 5.02 Å². The summed E-state index contributed by atoms with van der Waals surface area (Å²) in [6, 6.07) is 8.39. The average molecular weight is 414 g/mol. The van der Waals surface area contributed by atoms with Crippen LogP contribution in [0.4, 0.5) is 4.39 Å². The van der Waals surface area contributed by atoms with E-state index in [-0.39, 0.29) is 16.9 Å². The van der Waals surface area contributed by atoms with Gasteiger partial charge in [-0.2, -0.15) is 5.10 Å². The van der Waals surface area contributed by atoms with E-state index in [2.05, 4.69) is 15.2 Å². The molecule has 0 spiro atoms. The number of ether oxygens (including phenoxy) is 1. The molecule has 7 heteroatoms. The predicted octanol–water partition coefficient (Wildman–Crippen LogP) is 5.20. The molecule has 1 N–H and O–H groups in total. The molecule has 3 heterocycles. The summed E-state index contributed by atoms with van der Waals surface area (Å²) in [5, 5.41) is 7.58. The summed E-state index contributed by atoms with van der Waals surface area (Å²) in [4.78, 5) is 16.5. The zero-order valence-electron chi connectivity index (χ0n) is 16.0. The number of hydrogen-bond acceptors (Lipinski definition) is 4. The molecule has 0 radical (unpaired) electrons. The second-order valence-corrected chi connectivity index (χ2v) is 7.73. The molecule has 0 aliphatic carbocycles. The number of carbonyl (C=O) groups is 1. The van der Waals surface area contributed by atoms with Gasteiger partial charge >= 0.3 is 5.97 Å². The van der Waals surface area contributed by atoms with Crippen LogP contribution < -0.4 is 0 Å². The van der Waals surface area contributed by atoms with Crippen LogP contribution in [0.15, 0.2) is 42.7 Å². The minimum atomic E-state index is -0.498. The molecule has 2 unspecified atom stereocenters. The Morgan fingerprint density at radius 1 is 1.24 bits per heavy atom. The second kappa shape index (κ2) is 8.33. The van der Waals surface area contributed by atoms with E-state index in [0.717, 1.165) is 22.5 Å². The molecule has 3 aromatic rings. The Hall–Kier alpha value is -2.73. The topological polar surface area (TPSA) is 67.9 Å². The molecule has 1 aliphatic heterocycles. The fraction of sp³-hybridized carbons (Fsp3) is 0.318. The van der Waals surface area contributed by atoms with Gasteiger partial charge in [0, 0.05) is 23.7 Å². The van der Waals surface area contributed by atoms with Gasteiger partial charge in [-0.15, -0.1) is 0 Å². The molecule has 0 amide bonds. The Morgan fingerprint density at radius 2 is 2.03 bits per heavy atom. The molecule has 0 bridgehead atoms. The summed E-state index contributed by atoms with van der Waals surface area (Å²) >= 11 is 5.73. The second-order valence-electron chi connectivity index (χ2n) is 7.32. The normalized spacial score (nSPS) is 19.2. The van der Waals surface area contributed by atoms with Crippen molar-refractivity contribution in [1.29, 1.82) is 0 Å². The number of carbonyl (C=O) groups excluding carboxylic acids is 1. The monoisotopic (exact) mass is 413 g/mol. The molecule has 29 heavy (non-hydrogen) atoms. The van der Waals surface area contributed by atoms with Crippen LogP contribution >= 0.6 is 11.6 Å². The number of rotatable bonds is 5. The van der Waals surface area contributed by atoms with Crippen molar-refractivity contribution in [2.75, 3.05) is 0 Å². The zero-order chi connectivity index (χ0) is 20.4. The number of aromatic amines is 1. The highest BCUT2D eigenvalue weighted by molar-refractivity contribution is 6.30. The van der Waals surface area contributed by atoms with Gasteiger partial charge in [0.1, 0.15) is 11.9 Å². The number of pyridine rings is 1. The largest absolute Gasteiger partial charge is 0.457 e. The van der Waals surface area contributed by atoms with E-state index < -0.39 is 11.9 Å². The highest BCUT2D eigenvalue weighted by Gasteiger charge is 2.31. The highest BCUT2D eigenvalue weighted by Crippen LogP contribution is 2.35. The highest BCUT2D eigenvalue weighted by atomic mass is 35.5. The summed E-state index contributed by atoms with van der Waals surface area (Å²) in [5.41, 5.74) is 4.65. The number of H-pyrrole nitrogens is 1. The first kappa shape index (κ1) is 19.6. The third-order valence-electron chi connectivity index (χ3n) is 5.49. The number of halogens is 2. The maximum absolute atomic E-state index is 13.7. The molecule has 1 fully saturated rings. The van der Waals surface area contributed by atoms with Crippen LogP contribution in [0.5, 0.6) is 0 Å². The molecule has 150 valence electrons. The predicted molar refractivity (Wildman–Crippen MR) is 108 cm³/mol. The summed E-state index contributed by atoms with van der Waals surface area (Å²) in [7, 11) is 0. The van der Waals surface area contributed by atoms with Gasteiger partial charge in [0.25, 0.3) is 0 Å². The number of aryl methyl sites for hydroxylation is 1. The number of esters is 1. The van der Waals surface area contributed by atoms with E-state index in [4.69, 9.17) is 16.3 Å². The lowest BCUT2D eigenvalue weighted by Crippen LogP contribution is -2.27. The van der Waals surface area contributed by atoms with E-state index in [1.807, 2.05) is 19.1 Å². The van der Waals surface area contributed by atoms with Crippen molar-refractivity contribution in [3.8, 4) is 11.3 Å². The van der Waals surface area contributed by atoms with E-state index in [0.29, 0.717) is 31.2 Å². The number of cyclic esters (lactones) is 1. The van der Waals surface area contributed by atoms with Crippen molar-refractivity contribution >= 4 is 17.6 Å². The Kier molecular flexibility index (Phi) is 5.62. The number of aromatic nitrogens is 3. The Bertz CT molecular complexity index is 1020. The lowest BCUT2D eigenvalue weighted by molar-refractivity contribution is -0.161. The molecule has 1 aliphatic rings. The summed E-state index contributed by atoms with van der Waals surface area (Å²) < 4.78 is 19.3. The van der Waals surface area contributed by atoms with E-state index >= 15 is 0 Å². The van der Waals surface area contributed by atoms with E-state index in [9.17, 15) is 9.18 Å². The van der Waals surface area contributed by atoms with Crippen LogP contribution in [0.3, 0.4) is 0 Å². The minimum Gasteiger partial charge on any atom is -0.457 e. The lowest BCUT2D eigenvalue weighted by Gasteiger charge is -2.28. The third-order valence-corrected chi connectivity index (χ3v) is 5.80. The first-order valence-electron chi connectivity index (χ1n) is 9.62. The van der Waals surface area contributed by atoms with Crippen molar-refractivity contribution in [2.24, 2.45) is 5.92 Å². The number of nitrogens with one attached hydrogen (secondary N) is 1. The maximum Gasteiger partial charge on any atom is 0.309 e. The maximum atomic E-state index is 13.7. The third kappa shape index (κ3) is 4.17. The molecule has 1 saturated heterocycles. The standard InChI is InChI=1S/C22H21ClFN3O2/c1-13-19(26-27-21(13)14-8-10-25-11-9-14)6-3-15-4-7-20(29-22(15)28)16-2-5-17(23)18(24)12-16/h2,5,8-12,15,20H,3-4,6-7H2,1H3,(H,26,27). The van der Waals surface area contributed by atoms with E-state index in [1.165, 1.54) is 12.1 Å². The van der Waals surface area contributed by atoms with Gasteiger partial charge < -0.3 is 4.74 Å². The summed E-state index contributed by atoms with van der Waals surface area (Å²) in [6.07, 6.45) is 5.83. The van der Waals surface area contributed by atoms with Gasteiger partial charge in [-0.1, -0.05) is 17.7 Å². The minimum absolute atomic E-state index is 0.0647. The van der Waals surface area contributed by atoms with Crippen LogP contribution in [0, 0.1) is 18.7 Å². The molecule has 0 saturated carbocycles. The van der Waals surface area contributed by atoms with E-state index in [1.54, 1.807) is 18.5 Å². The number of hydrogen-bond donors (Lipinski definition) is 1. The molecule has 2 atom stereocenters. The van der Waals surface area contributed by atoms with Crippen molar-refractivity contribution in [2.45, 2.75) is 38.7 Å². The van der Waals surface area contributed by atoms with Gasteiger partial charge in [-0.25, -0.2) is 4.39 Å². The van der Waals surface area contributed by atoms with Crippen LogP contribution in [0.1, 0.15) is 42.2 Å². The fourth-order valence-corrected chi connectivity index (χ4v) is 3.88. The Balaban J connectivity index is 1.37. The van der Waals surface area contributed by atoms with Gasteiger partial charge in [0.05, 0.1) is 16.6 Å². The van der Waals surface area contributed by atoms with Crippen LogP contribution in [0.25, 0.3) is 11.3 Å². The number of benzene rings is 1. The fourth-order valence-electron chi connectivity index (χ4n) is 3.76. The molecule has 5 nitrogen and oxygen atoms in total. The average Bonchev–Trinajstić information content (AvgIpc) is 3.10. The van der Waals surface area contributed by atoms with Gasteiger partial charge in [-0.3, -0.25) is 14.9 Å². The first-order valence-corrected chi connectivity index (χ1v) is 10.0. The molecule has 4 rings (SSSR count). The molecule has 1 aromatic carbocycles. The Labute approximate surface area is 173 Å². The van der Waals surface area contributed by atoms with Crippen LogP contribution in [-0.2, 0) is 16.0 Å². The molecular weight excluding hydrogens is 393 g/mol. The summed E-state index contributed by atoms with van der Waals surface area (Å²) in [6.45, 7) is 2.03. The van der Waals surface area contributed by atoms with Gasteiger partial charge in [-0.05, 0) is 68.0 Å². The van der Waals surface area contributed by atoms with Crippen molar-refractivity contribution in [3.05, 3.63) is 70.4 Å². The lowest BCUT2D eigenvalue weighted by atomic mass is 9.90. The van der Waals surface area contributed by atoms with Gasteiger partial charge in [0.15, 0.2) is 0 Å². The number of nitrogens with zero attached hydrogens (tertiary/aromatic N) is 2. The van der Waals surface area contributed by atoms with Crippen molar-refractivity contribution < 1.29 is 13.9 Å². The van der Waals surface area contributed by atoms with Crippen molar-refractivity contribution in [3.63, 3.8) is 0 Å². The SMILES string of the molecule is Cc1c(-c2ccncc2)n[nH]c1CCC1CCC(c2ccc(Cl)c(F)c2)OC1=O. The van der Waals surface area contributed by atoms with Crippen LogP contribution in [-0.4, -0.2) is 21.2 Å². The summed E-state index contributed by atoms with van der Waals surface area (Å²) in [5.74, 6) is -0.902. The zero-order valence-corrected chi connectivity index (χ0v) is 16.7. The molecule has 2 aromatic heterocycles.